The average Bonchev–Trinajstić information content (AvgIpc) is 3.26. The van der Waals surface area contributed by atoms with Gasteiger partial charge in [-0.15, -0.1) is 0 Å². The molecule has 1 aromatic carbocycles. The third kappa shape index (κ3) is 5.53. The van der Waals surface area contributed by atoms with Crippen molar-refractivity contribution in [2.45, 2.75) is 83.0 Å². The summed E-state index contributed by atoms with van der Waals surface area (Å²) in [6.07, 6.45) is 6.66. The number of amides is 2. The standard InChI is InChI=1S/C29H38Cl2FN3O3/c1-16(7-6-8-18(31)15-32)23-24(25(36)33-19-12-28(5,38)13-19)35-22(14-27(2,3)4)29(23)20-10-9-17(30)11-21(20)34-26(29)37/h6-11,16,19,22-24,35,38H,12-15H2,1-5H3,(H,33,36)(H,34,37)/b7-6-,18-8+/t16?,19?,22-,23-,24+,28?,29+/m0/s1. The Balaban J connectivity index is 1.81. The molecule has 0 radical (unpaired) electrons. The maximum absolute atomic E-state index is 14.1. The van der Waals surface area contributed by atoms with Crippen molar-refractivity contribution in [2.75, 3.05) is 12.0 Å². The second kappa shape index (κ2) is 10.6. The lowest BCUT2D eigenvalue weighted by Gasteiger charge is -2.42. The van der Waals surface area contributed by atoms with Crippen LogP contribution in [0.5, 0.6) is 0 Å². The molecule has 1 unspecified atom stereocenters. The van der Waals surface area contributed by atoms with Crippen molar-refractivity contribution in [2.24, 2.45) is 17.3 Å². The van der Waals surface area contributed by atoms with Gasteiger partial charge in [0.15, 0.2) is 0 Å². The number of allylic oxidation sites excluding steroid dienone is 4. The first-order valence-electron chi connectivity index (χ1n) is 13.2. The van der Waals surface area contributed by atoms with E-state index in [0.717, 1.165) is 5.56 Å². The maximum atomic E-state index is 14.1. The Morgan fingerprint density at radius 3 is 2.63 bits per heavy atom. The zero-order chi connectivity index (χ0) is 28.0. The van der Waals surface area contributed by atoms with E-state index in [1.807, 2.05) is 19.1 Å². The van der Waals surface area contributed by atoms with Crippen molar-refractivity contribution in [1.29, 1.82) is 0 Å². The van der Waals surface area contributed by atoms with Gasteiger partial charge in [0.1, 0.15) is 6.67 Å². The monoisotopic (exact) mass is 565 g/mol. The van der Waals surface area contributed by atoms with Gasteiger partial charge >= 0.3 is 0 Å². The van der Waals surface area contributed by atoms with E-state index in [1.54, 1.807) is 25.1 Å². The van der Waals surface area contributed by atoms with Crippen LogP contribution in [-0.4, -0.2) is 47.3 Å². The number of rotatable bonds is 7. The fourth-order valence-electron chi connectivity index (χ4n) is 6.64. The van der Waals surface area contributed by atoms with Crippen LogP contribution in [0, 0.1) is 17.3 Å². The second-order valence-corrected chi connectivity index (χ2v) is 13.5. The molecule has 6 nitrogen and oxygen atoms in total. The van der Waals surface area contributed by atoms with Gasteiger partial charge in [-0.05, 0) is 61.3 Å². The number of carbonyl (C=O) groups excluding carboxylic acids is 2. The van der Waals surface area contributed by atoms with Crippen molar-refractivity contribution in [3.05, 3.63) is 52.0 Å². The van der Waals surface area contributed by atoms with Crippen LogP contribution in [0.25, 0.3) is 0 Å². The van der Waals surface area contributed by atoms with E-state index >= 15 is 0 Å². The number of nitrogens with one attached hydrogen (secondary N) is 3. The fourth-order valence-corrected chi connectivity index (χ4v) is 6.88. The summed E-state index contributed by atoms with van der Waals surface area (Å²) in [5, 5.41) is 20.5. The number of halogens is 3. The lowest BCUT2D eigenvalue weighted by atomic mass is 9.61. The summed E-state index contributed by atoms with van der Waals surface area (Å²) in [5.41, 5.74) is -0.492. The molecule has 1 spiro atoms. The predicted molar refractivity (Wildman–Crippen MR) is 150 cm³/mol. The first-order chi connectivity index (χ1) is 17.7. The van der Waals surface area contributed by atoms with Crippen molar-refractivity contribution >= 4 is 40.7 Å². The van der Waals surface area contributed by atoms with Gasteiger partial charge in [0.25, 0.3) is 0 Å². The summed E-state index contributed by atoms with van der Waals surface area (Å²) in [7, 11) is 0. The van der Waals surface area contributed by atoms with Crippen LogP contribution in [0.15, 0.2) is 41.5 Å². The van der Waals surface area contributed by atoms with E-state index in [2.05, 4.69) is 36.7 Å². The van der Waals surface area contributed by atoms with Gasteiger partial charge in [-0.3, -0.25) is 9.59 Å². The van der Waals surface area contributed by atoms with Gasteiger partial charge in [-0.2, -0.15) is 0 Å². The minimum atomic E-state index is -1.04. The van der Waals surface area contributed by atoms with E-state index in [1.165, 1.54) is 6.08 Å². The van der Waals surface area contributed by atoms with Crippen LogP contribution in [0.4, 0.5) is 10.1 Å². The molecule has 4 rings (SSSR count). The highest BCUT2D eigenvalue weighted by Crippen LogP contribution is 2.55. The highest BCUT2D eigenvalue weighted by atomic mass is 35.5. The first-order valence-corrected chi connectivity index (χ1v) is 13.9. The van der Waals surface area contributed by atoms with Crippen molar-refractivity contribution in [3.8, 4) is 0 Å². The smallest absolute Gasteiger partial charge is 0.237 e. The number of benzene rings is 1. The van der Waals surface area contributed by atoms with Crippen molar-refractivity contribution in [3.63, 3.8) is 0 Å². The quantitative estimate of drug-likeness (QED) is 0.340. The van der Waals surface area contributed by atoms with E-state index in [9.17, 15) is 19.1 Å². The number of hydrogen-bond acceptors (Lipinski definition) is 4. The predicted octanol–water partition coefficient (Wildman–Crippen LogP) is 5.24. The minimum absolute atomic E-state index is 0.0724. The Kier molecular flexibility index (Phi) is 8.08. The summed E-state index contributed by atoms with van der Waals surface area (Å²) in [4.78, 5) is 27.9. The SMILES string of the molecule is CC(/C=C\C=C(\Cl)CF)[C@H]1[C@H](C(=O)NC2CC(C)(O)C2)N[C@@H](CC(C)(C)C)[C@@]12C(=O)Nc1cc(Cl)ccc12. The highest BCUT2D eigenvalue weighted by Gasteiger charge is 2.66. The molecular weight excluding hydrogens is 528 g/mol. The molecule has 0 bridgehead atoms. The molecule has 2 fully saturated rings. The van der Waals surface area contributed by atoms with Crippen LogP contribution in [-0.2, 0) is 15.0 Å². The Morgan fingerprint density at radius 2 is 2.03 bits per heavy atom. The number of anilines is 1. The van der Waals surface area contributed by atoms with Gasteiger partial charge in [-0.25, -0.2) is 4.39 Å². The molecule has 2 aliphatic heterocycles. The topological polar surface area (TPSA) is 90.5 Å². The molecular formula is C29H38Cl2FN3O3. The van der Waals surface area contributed by atoms with Crippen molar-refractivity contribution in [1.82, 2.24) is 10.6 Å². The number of carbonyl (C=O) groups is 2. The fraction of sp³-hybridized carbons (Fsp3) is 0.586. The van der Waals surface area contributed by atoms with E-state index in [4.69, 9.17) is 23.2 Å². The number of aliphatic hydroxyl groups is 1. The Hall–Kier alpha value is -1.93. The molecule has 2 amide bonds. The molecule has 1 saturated carbocycles. The molecule has 1 aliphatic carbocycles. The van der Waals surface area contributed by atoms with E-state index in [-0.39, 0.29) is 40.3 Å². The molecule has 9 heteroatoms. The van der Waals surface area contributed by atoms with Gasteiger partial charge in [0, 0.05) is 33.7 Å². The van der Waals surface area contributed by atoms with Crippen LogP contribution in [0.2, 0.25) is 5.02 Å². The summed E-state index contributed by atoms with van der Waals surface area (Å²) in [6, 6.07) is 4.28. The minimum Gasteiger partial charge on any atom is -0.390 e. The normalized spacial score (nSPS) is 33.8. The Morgan fingerprint density at radius 1 is 1.34 bits per heavy atom. The number of fused-ring (bicyclic) bond motifs is 2. The largest absolute Gasteiger partial charge is 0.390 e. The van der Waals surface area contributed by atoms with Gasteiger partial charge in [-0.1, -0.05) is 69.1 Å². The van der Waals surface area contributed by atoms with Crippen LogP contribution >= 0.6 is 23.2 Å². The van der Waals surface area contributed by atoms with Gasteiger partial charge in [0.05, 0.1) is 17.1 Å². The van der Waals surface area contributed by atoms with E-state index in [0.29, 0.717) is 30.0 Å². The maximum Gasteiger partial charge on any atom is 0.237 e. The molecule has 3 aliphatic rings. The molecule has 208 valence electrons. The van der Waals surface area contributed by atoms with Crippen LogP contribution in [0.1, 0.15) is 59.4 Å². The molecule has 1 aromatic rings. The summed E-state index contributed by atoms with van der Waals surface area (Å²) in [5.74, 6) is -1.09. The van der Waals surface area contributed by atoms with Gasteiger partial charge < -0.3 is 21.1 Å². The Bertz CT molecular complexity index is 1150. The molecule has 38 heavy (non-hydrogen) atoms. The zero-order valence-electron chi connectivity index (χ0n) is 22.6. The van der Waals surface area contributed by atoms with Gasteiger partial charge in [0.2, 0.25) is 11.8 Å². The average molecular weight is 567 g/mol. The van der Waals surface area contributed by atoms with Crippen molar-refractivity contribution < 1.29 is 19.1 Å². The summed E-state index contributed by atoms with van der Waals surface area (Å²) < 4.78 is 12.9. The zero-order valence-corrected chi connectivity index (χ0v) is 24.1. The summed E-state index contributed by atoms with van der Waals surface area (Å²) in [6.45, 7) is 9.30. The third-order valence-corrected chi connectivity index (χ3v) is 8.53. The molecule has 5 atom stereocenters. The number of hydrogen-bond donors (Lipinski definition) is 4. The molecule has 1 saturated heterocycles. The molecule has 4 N–H and O–H groups in total. The van der Waals surface area contributed by atoms with E-state index < -0.39 is 29.7 Å². The first kappa shape index (κ1) is 29.1. The van der Waals surface area contributed by atoms with Crippen LogP contribution in [0.3, 0.4) is 0 Å². The lowest BCUT2D eigenvalue weighted by Crippen LogP contribution is -2.58. The molecule has 2 heterocycles. The third-order valence-electron chi connectivity index (χ3n) is 8.07. The summed E-state index contributed by atoms with van der Waals surface area (Å²) >= 11 is 12.2. The van der Waals surface area contributed by atoms with Crippen LogP contribution < -0.4 is 16.0 Å². The lowest BCUT2D eigenvalue weighted by molar-refractivity contribution is -0.128. The highest BCUT2D eigenvalue weighted by molar-refractivity contribution is 6.31. The molecule has 0 aromatic heterocycles. The number of alkyl halides is 1. The second-order valence-electron chi connectivity index (χ2n) is 12.6. The Labute approximate surface area is 234 Å².